The van der Waals surface area contributed by atoms with E-state index in [2.05, 4.69) is 20.6 Å². The Hall–Kier alpha value is -2.63. The van der Waals surface area contributed by atoms with Crippen LogP contribution in [0.5, 0.6) is 5.75 Å². The summed E-state index contributed by atoms with van der Waals surface area (Å²) in [6, 6.07) is 9.25. The van der Waals surface area contributed by atoms with Crippen LogP contribution in [0.4, 0.5) is 17.3 Å². The maximum Gasteiger partial charge on any atom is 0.228 e. The van der Waals surface area contributed by atoms with Crippen LogP contribution in [-0.2, 0) is 4.79 Å². The first-order chi connectivity index (χ1) is 10.3. The zero-order valence-electron chi connectivity index (χ0n) is 11.7. The Labute approximate surface area is 122 Å². The summed E-state index contributed by atoms with van der Waals surface area (Å²) >= 11 is 0. The molecule has 1 heterocycles. The minimum absolute atomic E-state index is 0.0249. The van der Waals surface area contributed by atoms with Crippen LogP contribution in [0, 0.1) is 5.92 Å². The van der Waals surface area contributed by atoms with Crippen molar-refractivity contribution in [3.8, 4) is 5.75 Å². The lowest BCUT2D eigenvalue weighted by molar-refractivity contribution is -0.117. The minimum Gasteiger partial charge on any atom is -0.495 e. The van der Waals surface area contributed by atoms with Gasteiger partial charge in [-0.05, 0) is 25.0 Å². The summed E-state index contributed by atoms with van der Waals surface area (Å²) < 4.78 is 5.28. The molecule has 0 saturated heterocycles. The van der Waals surface area contributed by atoms with Gasteiger partial charge in [0.2, 0.25) is 5.91 Å². The molecule has 0 unspecified atom stereocenters. The van der Waals surface area contributed by atoms with Gasteiger partial charge in [0.25, 0.3) is 0 Å². The van der Waals surface area contributed by atoms with Crippen LogP contribution in [0.15, 0.2) is 36.7 Å². The Morgan fingerprint density at radius 2 is 2.00 bits per heavy atom. The molecule has 2 N–H and O–H groups in total. The highest BCUT2D eigenvalue weighted by atomic mass is 16.5. The third-order valence-corrected chi connectivity index (χ3v) is 3.24. The van der Waals surface area contributed by atoms with E-state index < -0.39 is 0 Å². The highest BCUT2D eigenvalue weighted by Crippen LogP contribution is 2.30. The number of para-hydroxylation sites is 2. The lowest BCUT2D eigenvalue weighted by atomic mass is 10.3. The molecule has 0 radical (unpaired) electrons. The summed E-state index contributed by atoms with van der Waals surface area (Å²) in [5.74, 6) is 1.99. The number of aromatic nitrogens is 2. The van der Waals surface area contributed by atoms with E-state index in [1.165, 1.54) is 6.33 Å². The van der Waals surface area contributed by atoms with E-state index in [1.807, 2.05) is 24.3 Å². The van der Waals surface area contributed by atoms with E-state index in [0.717, 1.165) is 24.3 Å². The maximum atomic E-state index is 11.7. The molecule has 0 aliphatic heterocycles. The lowest BCUT2D eigenvalue weighted by Gasteiger charge is -2.11. The van der Waals surface area contributed by atoms with Gasteiger partial charge in [0.05, 0.1) is 12.8 Å². The molecule has 21 heavy (non-hydrogen) atoms. The van der Waals surface area contributed by atoms with E-state index in [9.17, 15) is 4.79 Å². The second-order valence-electron chi connectivity index (χ2n) is 4.88. The standard InChI is InChI=1S/C15H16N4O2/c1-21-12-5-3-2-4-11(12)18-13-8-14(17-9-16-13)19-15(20)10-6-7-10/h2-5,8-10H,6-7H2,1H3,(H2,16,17,18,19,20). The fraction of sp³-hybridized carbons (Fsp3) is 0.267. The van der Waals surface area contributed by atoms with Gasteiger partial charge < -0.3 is 15.4 Å². The molecule has 1 fully saturated rings. The number of ether oxygens (including phenoxy) is 1. The van der Waals surface area contributed by atoms with Gasteiger partial charge in [-0.3, -0.25) is 4.79 Å². The van der Waals surface area contributed by atoms with E-state index in [0.29, 0.717) is 11.6 Å². The molecule has 0 spiro atoms. The fourth-order valence-electron chi connectivity index (χ4n) is 1.95. The molecule has 1 aliphatic carbocycles. The zero-order chi connectivity index (χ0) is 14.7. The van der Waals surface area contributed by atoms with Crippen LogP contribution >= 0.6 is 0 Å². The van der Waals surface area contributed by atoms with Crippen LogP contribution in [-0.4, -0.2) is 23.0 Å². The highest BCUT2D eigenvalue weighted by Gasteiger charge is 2.29. The summed E-state index contributed by atoms with van der Waals surface area (Å²) in [6.45, 7) is 0. The quantitative estimate of drug-likeness (QED) is 0.882. The van der Waals surface area contributed by atoms with Gasteiger partial charge in [-0.15, -0.1) is 0 Å². The van der Waals surface area contributed by atoms with Crippen LogP contribution < -0.4 is 15.4 Å². The number of carbonyl (C=O) groups excluding carboxylic acids is 1. The molecule has 1 amide bonds. The molecule has 1 aromatic heterocycles. The molecule has 1 aromatic carbocycles. The number of hydrogen-bond acceptors (Lipinski definition) is 5. The van der Waals surface area contributed by atoms with E-state index in [4.69, 9.17) is 4.74 Å². The molecular formula is C15H16N4O2. The number of carbonyl (C=O) groups is 1. The number of rotatable bonds is 5. The predicted octanol–water partition coefficient (Wildman–Crippen LogP) is 2.58. The van der Waals surface area contributed by atoms with Crippen molar-refractivity contribution in [1.82, 2.24) is 9.97 Å². The average Bonchev–Trinajstić information content (AvgIpc) is 3.33. The van der Waals surface area contributed by atoms with Crippen molar-refractivity contribution in [2.45, 2.75) is 12.8 Å². The van der Waals surface area contributed by atoms with Crippen molar-refractivity contribution in [2.24, 2.45) is 5.92 Å². The third kappa shape index (κ3) is 3.28. The summed E-state index contributed by atoms with van der Waals surface area (Å²) in [5.41, 5.74) is 0.804. The fourth-order valence-corrected chi connectivity index (χ4v) is 1.95. The molecule has 6 nitrogen and oxygen atoms in total. The van der Waals surface area contributed by atoms with Gasteiger partial charge in [-0.1, -0.05) is 12.1 Å². The monoisotopic (exact) mass is 284 g/mol. The van der Waals surface area contributed by atoms with Gasteiger partial charge in [0, 0.05) is 12.0 Å². The second kappa shape index (κ2) is 5.78. The summed E-state index contributed by atoms with van der Waals surface area (Å²) in [5, 5.41) is 5.95. The van der Waals surface area contributed by atoms with Crippen molar-refractivity contribution in [2.75, 3.05) is 17.7 Å². The summed E-state index contributed by atoms with van der Waals surface area (Å²) in [6.07, 6.45) is 3.34. The highest BCUT2D eigenvalue weighted by molar-refractivity contribution is 5.93. The molecule has 6 heteroatoms. The molecule has 1 aliphatic rings. The molecule has 2 aromatic rings. The topological polar surface area (TPSA) is 76.1 Å². The smallest absolute Gasteiger partial charge is 0.228 e. The van der Waals surface area contributed by atoms with E-state index >= 15 is 0 Å². The SMILES string of the molecule is COc1ccccc1Nc1cc(NC(=O)C2CC2)ncn1. The van der Waals surface area contributed by atoms with Crippen molar-refractivity contribution in [3.05, 3.63) is 36.7 Å². The third-order valence-electron chi connectivity index (χ3n) is 3.24. The second-order valence-corrected chi connectivity index (χ2v) is 4.88. The van der Waals surface area contributed by atoms with Crippen LogP contribution in [0.25, 0.3) is 0 Å². The Balaban J connectivity index is 1.74. The lowest BCUT2D eigenvalue weighted by Crippen LogP contribution is -2.14. The zero-order valence-corrected chi connectivity index (χ0v) is 11.7. The van der Waals surface area contributed by atoms with Crippen molar-refractivity contribution in [3.63, 3.8) is 0 Å². The molecule has 0 bridgehead atoms. The predicted molar refractivity (Wildman–Crippen MR) is 79.7 cm³/mol. The molecule has 3 rings (SSSR count). The molecule has 108 valence electrons. The number of benzene rings is 1. The van der Waals surface area contributed by atoms with Gasteiger partial charge in [0.15, 0.2) is 0 Å². The number of hydrogen-bond donors (Lipinski definition) is 2. The van der Waals surface area contributed by atoms with Crippen LogP contribution in [0.3, 0.4) is 0 Å². The van der Waals surface area contributed by atoms with Crippen LogP contribution in [0.2, 0.25) is 0 Å². The van der Waals surface area contributed by atoms with Gasteiger partial charge in [-0.25, -0.2) is 9.97 Å². The Morgan fingerprint density at radius 3 is 2.76 bits per heavy atom. The first-order valence-electron chi connectivity index (χ1n) is 6.79. The number of nitrogens with zero attached hydrogens (tertiary/aromatic N) is 2. The van der Waals surface area contributed by atoms with Crippen molar-refractivity contribution < 1.29 is 9.53 Å². The number of methoxy groups -OCH3 is 1. The first kappa shape index (κ1) is 13.4. The summed E-state index contributed by atoms with van der Waals surface area (Å²) in [4.78, 5) is 19.9. The Morgan fingerprint density at radius 1 is 1.24 bits per heavy atom. The minimum atomic E-state index is 0.0249. The van der Waals surface area contributed by atoms with Gasteiger partial charge >= 0.3 is 0 Å². The number of anilines is 3. The number of nitrogens with one attached hydrogen (secondary N) is 2. The molecular weight excluding hydrogens is 268 g/mol. The van der Waals surface area contributed by atoms with Gasteiger partial charge in [-0.2, -0.15) is 0 Å². The van der Waals surface area contributed by atoms with E-state index in [1.54, 1.807) is 13.2 Å². The first-order valence-corrected chi connectivity index (χ1v) is 6.79. The van der Waals surface area contributed by atoms with E-state index in [-0.39, 0.29) is 11.8 Å². The van der Waals surface area contributed by atoms with Gasteiger partial charge in [0.1, 0.15) is 23.7 Å². The molecule has 0 atom stereocenters. The van der Waals surface area contributed by atoms with Crippen LogP contribution in [0.1, 0.15) is 12.8 Å². The van der Waals surface area contributed by atoms with Crippen molar-refractivity contribution in [1.29, 1.82) is 0 Å². The number of amides is 1. The molecule has 1 saturated carbocycles. The Bertz CT molecular complexity index is 656. The normalized spacial score (nSPS) is 13.6. The Kier molecular flexibility index (Phi) is 3.68. The van der Waals surface area contributed by atoms with Crippen molar-refractivity contribution >= 4 is 23.2 Å². The largest absolute Gasteiger partial charge is 0.495 e. The summed E-state index contributed by atoms with van der Waals surface area (Å²) in [7, 11) is 1.61. The average molecular weight is 284 g/mol. The maximum absolute atomic E-state index is 11.7.